The molecule has 0 fully saturated rings. The van der Waals surface area contributed by atoms with E-state index >= 15 is 0 Å². The molecule has 4 nitrogen and oxygen atoms in total. The lowest BCUT2D eigenvalue weighted by Gasteiger charge is -2.15. The number of benzene rings is 1. The maximum absolute atomic E-state index is 10.6. The molecule has 18 heavy (non-hydrogen) atoms. The Morgan fingerprint density at radius 2 is 2.11 bits per heavy atom. The Hall–Kier alpha value is -1.81. The monoisotopic (exact) mass is 246 g/mol. The standard InChI is InChI=1S/C14H18N2O2/c1-10-12(9-16(2)8-7-14(17)18)11-5-3-4-6-13(11)15-10/h3-6,15H,7-9H2,1-2H3,(H,17,18). The molecule has 0 saturated heterocycles. The first-order chi connectivity index (χ1) is 8.58. The highest BCUT2D eigenvalue weighted by Gasteiger charge is 2.10. The molecular weight excluding hydrogens is 228 g/mol. The highest BCUT2D eigenvalue weighted by atomic mass is 16.4. The average Bonchev–Trinajstić information content (AvgIpc) is 2.64. The second-order valence-electron chi connectivity index (χ2n) is 4.66. The molecule has 1 aromatic carbocycles. The number of hydrogen-bond donors (Lipinski definition) is 2. The van der Waals surface area contributed by atoms with Gasteiger partial charge in [-0.25, -0.2) is 0 Å². The van der Waals surface area contributed by atoms with E-state index < -0.39 is 5.97 Å². The summed E-state index contributed by atoms with van der Waals surface area (Å²) in [4.78, 5) is 15.9. The van der Waals surface area contributed by atoms with E-state index in [1.54, 1.807) is 0 Å². The lowest BCUT2D eigenvalue weighted by Crippen LogP contribution is -2.21. The van der Waals surface area contributed by atoms with Crippen molar-refractivity contribution in [2.45, 2.75) is 19.9 Å². The van der Waals surface area contributed by atoms with E-state index in [1.165, 1.54) is 10.9 Å². The zero-order valence-corrected chi connectivity index (χ0v) is 10.7. The van der Waals surface area contributed by atoms with E-state index in [4.69, 9.17) is 5.11 Å². The number of para-hydroxylation sites is 1. The van der Waals surface area contributed by atoms with Crippen molar-refractivity contribution < 1.29 is 9.90 Å². The third-order valence-electron chi connectivity index (χ3n) is 3.16. The second-order valence-corrected chi connectivity index (χ2v) is 4.66. The predicted octanol–water partition coefficient (Wildman–Crippen LogP) is 2.38. The van der Waals surface area contributed by atoms with E-state index in [-0.39, 0.29) is 6.42 Å². The summed E-state index contributed by atoms with van der Waals surface area (Å²) in [5, 5.41) is 9.90. The Labute approximate surface area is 106 Å². The smallest absolute Gasteiger partial charge is 0.304 e. The number of fused-ring (bicyclic) bond motifs is 1. The Balaban J connectivity index is 2.15. The minimum Gasteiger partial charge on any atom is -0.481 e. The van der Waals surface area contributed by atoms with Gasteiger partial charge in [0.2, 0.25) is 0 Å². The van der Waals surface area contributed by atoms with E-state index in [2.05, 4.69) is 24.0 Å². The molecule has 0 aliphatic heterocycles. The van der Waals surface area contributed by atoms with Crippen LogP contribution in [0.5, 0.6) is 0 Å². The summed E-state index contributed by atoms with van der Waals surface area (Å²) in [5.41, 5.74) is 3.54. The van der Waals surface area contributed by atoms with Crippen LogP contribution in [0, 0.1) is 6.92 Å². The first-order valence-electron chi connectivity index (χ1n) is 6.04. The van der Waals surface area contributed by atoms with Gasteiger partial charge in [-0.1, -0.05) is 18.2 Å². The van der Waals surface area contributed by atoms with Gasteiger partial charge in [0.05, 0.1) is 6.42 Å². The summed E-state index contributed by atoms with van der Waals surface area (Å²) >= 11 is 0. The Morgan fingerprint density at radius 3 is 2.83 bits per heavy atom. The molecule has 0 amide bonds. The largest absolute Gasteiger partial charge is 0.481 e. The van der Waals surface area contributed by atoms with Gasteiger partial charge in [-0.2, -0.15) is 0 Å². The fraction of sp³-hybridized carbons (Fsp3) is 0.357. The van der Waals surface area contributed by atoms with Crippen molar-refractivity contribution >= 4 is 16.9 Å². The van der Waals surface area contributed by atoms with Crippen LogP contribution in [0.1, 0.15) is 17.7 Å². The minimum absolute atomic E-state index is 0.178. The highest BCUT2D eigenvalue weighted by Crippen LogP contribution is 2.22. The van der Waals surface area contributed by atoms with Crippen LogP contribution in [0.25, 0.3) is 10.9 Å². The van der Waals surface area contributed by atoms with Crippen molar-refractivity contribution in [2.24, 2.45) is 0 Å². The third-order valence-corrected chi connectivity index (χ3v) is 3.16. The van der Waals surface area contributed by atoms with Crippen LogP contribution in [-0.4, -0.2) is 34.6 Å². The summed E-state index contributed by atoms with van der Waals surface area (Å²) in [7, 11) is 1.95. The van der Waals surface area contributed by atoms with Gasteiger partial charge in [0.1, 0.15) is 0 Å². The fourth-order valence-corrected chi connectivity index (χ4v) is 2.17. The quantitative estimate of drug-likeness (QED) is 0.851. The number of nitrogens with one attached hydrogen (secondary N) is 1. The second kappa shape index (κ2) is 5.23. The number of nitrogens with zero attached hydrogens (tertiary/aromatic N) is 1. The lowest BCUT2D eigenvalue weighted by atomic mass is 10.1. The number of aromatic amines is 1. The number of aromatic nitrogens is 1. The molecule has 96 valence electrons. The number of carboxylic acid groups (broad SMARTS) is 1. The SMILES string of the molecule is Cc1[nH]c2ccccc2c1CN(C)CCC(=O)O. The van der Waals surface area contributed by atoms with Crippen molar-refractivity contribution in [1.29, 1.82) is 0 Å². The topological polar surface area (TPSA) is 56.3 Å². The summed E-state index contributed by atoms with van der Waals surface area (Å²) in [6, 6.07) is 8.19. The zero-order chi connectivity index (χ0) is 13.1. The predicted molar refractivity (Wildman–Crippen MR) is 71.6 cm³/mol. The Kier molecular flexibility index (Phi) is 3.67. The molecule has 0 radical (unpaired) electrons. The van der Waals surface area contributed by atoms with Gasteiger partial charge in [0.25, 0.3) is 0 Å². The molecule has 0 unspecified atom stereocenters. The van der Waals surface area contributed by atoms with E-state index in [9.17, 15) is 4.79 Å². The van der Waals surface area contributed by atoms with Gasteiger partial charge in [-0.15, -0.1) is 0 Å². The average molecular weight is 246 g/mol. The number of hydrogen-bond acceptors (Lipinski definition) is 2. The summed E-state index contributed by atoms with van der Waals surface area (Å²) in [5.74, 6) is -0.752. The van der Waals surface area contributed by atoms with Gasteiger partial charge >= 0.3 is 5.97 Å². The van der Waals surface area contributed by atoms with Crippen LogP contribution in [0.4, 0.5) is 0 Å². The molecule has 1 heterocycles. The number of carboxylic acids is 1. The molecule has 0 aliphatic carbocycles. The Morgan fingerprint density at radius 1 is 1.39 bits per heavy atom. The van der Waals surface area contributed by atoms with E-state index in [0.29, 0.717) is 6.54 Å². The van der Waals surface area contributed by atoms with Crippen LogP contribution < -0.4 is 0 Å². The number of aryl methyl sites for hydroxylation is 1. The molecule has 0 saturated carbocycles. The molecule has 2 N–H and O–H groups in total. The number of rotatable bonds is 5. The molecule has 1 aromatic heterocycles. The molecule has 0 aliphatic rings. The molecule has 0 bridgehead atoms. The lowest BCUT2D eigenvalue weighted by molar-refractivity contribution is -0.137. The summed E-state index contributed by atoms with van der Waals surface area (Å²) in [6.07, 6.45) is 0.178. The highest BCUT2D eigenvalue weighted by molar-refractivity contribution is 5.84. The molecule has 4 heteroatoms. The number of H-pyrrole nitrogens is 1. The van der Waals surface area contributed by atoms with Crippen LogP contribution >= 0.6 is 0 Å². The van der Waals surface area contributed by atoms with Crippen molar-refractivity contribution in [3.63, 3.8) is 0 Å². The fourth-order valence-electron chi connectivity index (χ4n) is 2.17. The first-order valence-corrected chi connectivity index (χ1v) is 6.04. The van der Waals surface area contributed by atoms with Gasteiger partial charge in [-0.05, 0) is 25.6 Å². The molecule has 0 spiro atoms. The maximum Gasteiger partial charge on any atom is 0.304 e. The number of carbonyl (C=O) groups is 1. The van der Waals surface area contributed by atoms with Crippen molar-refractivity contribution in [1.82, 2.24) is 9.88 Å². The van der Waals surface area contributed by atoms with Gasteiger partial charge < -0.3 is 15.0 Å². The molecule has 2 aromatic rings. The van der Waals surface area contributed by atoms with Crippen molar-refractivity contribution in [2.75, 3.05) is 13.6 Å². The van der Waals surface area contributed by atoms with E-state index in [1.807, 2.05) is 24.1 Å². The third kappa shape index (κ3) is 2.71. The zero-order valence-electron chi connectivity index (χ0n) is 10.7. The minimum atomic E-state index is -0.752. The van der Waals surface area contributed by atoms with Crippen molar-refractivity contribution in [3.8, 4) is 0 Å². The molecule has 2 rings (SSSR count). The number of aliphatic carboxylic acids is 1. The normalized spacial score (nSPS) is 11.3. The van der Waals surface area contributed by atoms with Gasteiger partial charge in [-0.3, -0.25) is 4.79 Å². The van der Waals surface area contributed by atoms with Crippen molar-refractivity contribution in [3.05, 3.63) is 35.5 Å². The van der Waals surface area contributed by atoms with E-state index in [0.717, 1.165) is 17.8 Å². The summed E-state index contributed by atoms with van der Waals surface area (Å²) in [6.45, 7) is 3.39. The summed E-state index contributed by atoms with van der Waals surface area (Å²) < 4.78 is 0. The van der Waals surface area contributed by atoms with Crippen LogP contribution in [0.2, 0.25) is 0 Å². The van der Waals surface area contributed by atoms with Crippen LogP contribution in [0.15, 0.2) is 24.3 Å². The van der Waals surface area contributed by atoms with Gasteiger partial charge in [0.15, 0.2) is 0 Å². The molecule has 0 atom stereocenters. The van der Waals surface area contributed by atoms with Gasteiger partial charge in [0, 0.05) is 29.7 Å². The maximum atomic E-state index is 10.6. The van der Waals surface area contributed by atoms with Crippen LogP contribution in [0.3, 0.4) is 0 Å². The molecular formula is C14H18N2O2. The van der Waals surface area contributed by atoms with Crippen LogP contribution in [-0.2, 0) is 11.3 Å². The first kappa shape index (κ1) is 12.6. The Bertz CT molecular complexity index is 560.